The molecule has 1 saturated carbocycles. The first-order valence-electron chi connectivity index (χ1n) is 4.75. The maximum absolute atomic E-state index is 13.4. The molecule has 1 aromatic heterocycles. The van der Waals surface area contributed by atoms with Gasteiger partial charge < -0.3 is 5.73 Å². The molecule has 0 radical (unpaired) electrons. The topological polar surface area (TPSA) is 38.9 Å². The van der Waals surface area contributed by atoms with Crippen LogP contribution in [0.5, 0.6) is 0 Å². The molecule has 1 aliphatic carbocycles. The molecule has 88 valence electrons. The average molecular weight is 267 g/mol. The Morgan fingerprint density at radius 3 is 2.44 bits per heavy atom. The Kier molecular flexibility index (Phi) is 2.64. The molecule has 0 saturated heterocycles. The van der Waals surface area contributed by atoms with E-state index in [-0.39, 0.29) is 23.3 Å². The zero-order valence-corrected chi connectivity index (χ0v) is 10.0. The standard InChI is InChI=1S/C10H10Cl2F2N2/c1-5-2-6(11)16-8(12)7(5)9(4-15)3-10(9,13)14/h2H,3-4,15H2,1H3. The molecule has 1 atom stereocenters. The van der Waals surface area contributed by atoms with Crippen molar-refractivity contribution in [2.75, 3.05) is 6.54 Å². The number of hydrogen-bond acceptors (Lipinski definition) is 2. The molecule has 0 amide bonds. The van der Waals surface area contributed by atoms with Crippen molar-refractivity contribution in [3.63, 3.8) is 0 Å². The number of halogens is 4. The van der Waals surface area contributed by atoms with Crippen LogP contribution in [0, 0.1) is 6.92 Å². The Morgan fingerprint density at radius 2 is 2.06 bits per heavy atom. The van der Waals surface area contributed by atoms with Crippen molar-refractivity contribution in [1.82, 2.24) is 4.98 Å². The lowest BCUT2D eigenvalue weighted by molar-refractivity contribution is 0.0894. The summed E-state index contributed by atoms with van der Waals surface area (Å²) >= 11 is 11.6. The SMILES string of the molecule is Cc1cc(Cl)nc(Cl)c1C1(CN)CC1(F)F. The Hall–Kier alpha value is -0.450. The number of alkyl halides is 2. The van der Waals surface area contributed by atoms with E-state index in [1.807, 2.05) is 0 Å². The van der Waals surface area contributed by atoms with E-state index in [1.54, 1.807) is 6.92 Å². The van der Waals surface area contributed by atoms with Crippen LogP contribution in [-0.4, -0.2) is 17.5 Å². The van der Waals surface area contributed by atoms with Crippen molar-refractivity contribution in [3.8, 4) is 0 Å². The molecule has 1 aromatic rings. The number of hydrogen-bond donors (Lipinski definition) is 1. The average Bonchev–Trinajstić information content (AvgIpc) is 2.67. The van der Waals surface area contributed by atoms with Gasteiger partial charge in [0.15, 0.2) is 0 Å². The summed E-state index contributed by atoms with van der Waals surface area (Å²) in [4.78, 5) is 3.80. The molecule has 2 rings (SSSR count). The summed E-state index contributed by atoms with van der Waals surface area (Å²) < 4.78 is 26.8. The van der Waals surface area contributed by atoms with Gasteiger partial charge in [-0.05, 0) is 18.6 Å². The first kappa shape index (κ1) is 12.0. The summed E-state index contributed by atoms with van der Waals surface area (Å²) in [5.41, 5.74) is 5.03. The fourth-order valence-corrected chi connectivity index (χ4v) is 2.81. The highest BCUT2D eigenvalue weighted by atomic mass is 35.5. The third-order valence-corrected chi connectivity index (χ3v) is 3.53. The van der Waals surface area contributed by atoms with Crippen LogP contribution < -0.4 is 5.73 Å². The maximum Gasteiger partial charge on any atom is 0.260 e. The van der Waals surface area contributed by atoms with Crippen molar-refractivity contribution in [2.24, 2.45) is 5.73 Å². The second kappa shape index (κ2) is 3.52. The summed E-state index contributed by atoms with van der Waals surface area (Å²) in [5.74, 6) is -2.80. The van der Waals surface area contributed by atoms with Crippen LogP contribution in [0.4, 0.5) is 8.78 Å². The van der Waals surface area contributed by atoms with E-state index in [2.05, 4.69) is 4.98 Å². The van der Waals surface area contributed by atoms with Crippen LogP contribution in [0.3, 0.4) is 0 Å². The van der Waals surface area contributed by atoms with Gasteiger partial charge in [-0.25, -0.2) is 13.8 Å². The predicted octanol–water partition coefficient (Wildman–Crippen LogP) is 2.93. The molecule has 2 nitrogen and oxygen atoms in total. The van der Waals surface area contributed by atoms with E-state index in [4.69, 9.17) is 28.9 Å². The van der Waals surface area contributed by atoms with Crippen LogP contribution >= 0.6 is 23.2 Å². The number of nitrogens with zero attached hydrogens (tertiary/aromatic N) is 1. The van der Waals surface area contributed by atoms with Crippen molar-refractivity contribution in [2.45, 2.75) is 24.7 Å². The van der Waals surface area contributed by atoms with Crippen molar-refractivity contribution >= 4 is 23.2 Å². The second-order valence-corrected chi connectivity index (χ2v) is 4.84. The number of aryl methyl sites for hydroxylation is 1. The van der Waals surface area contributed by atoms with Crippen LogP contribution in [-0.2, 0) is 5.41 Å². The highest BCUT2D eigenvalue weighted by Crippen LogP contribution is 2.62. The number of aromatic nitrogens is 1. The molecule has 0 spiro atoms. The van der Waals surface area contributed by atoms with Crippen molar-refractivity contribution in [1.29, 1.82) is 0 Å². The first-order valence-corrected chi connectivity index (χ1v) is 5.51. The molecule has 2 N–H and O–H groups in total. The summed E-state index contributed by atoms with van der Waals surface area (Å²) in [6.45, 7) is 1.53. The van der Waals surface area contributed by atoms with E-state index in [0.29, 0.717) is 11.1 Å². The Bertz CT molecular complexity index is 427. The molecule has 1 heterocycles. The quantitative estimate of drug-likeness (QED) is 0.837. The van der Waals surface area contributed by atoms with Gasteiger partial charge in [-0.3, -0.25) is 0 Å². The predicted molar refractivity (Wildman–Crippen MR) is 59.3 cm³/mol. The molecule has 1 unspecified atom stereocenters. The van der Waals surface area contributed by atoms with Crippen molar-refractivity contribution in [3.05, 3.63) is 27.5 Å². The van der Waals surface area contributed by atoms with Crippen LogP contribution in [0.15, 0.2) is 6.07 Å². The smallest absolute Gasteiger partial charge is 0.260 e. The third kappa shape index (κ3) is 1.51. The molecular formula is C10H10Cl2F2N2. The van der Waals surface area contributed by atoms with E-state index >= 15 is 0 Å². The van der Waals surface area contributed by atoms with Gasteiger partial charge in [-0.2, -0.15) is 0 Å². The first-order chi connectivity index (χ1) is 7.34. The molecular weight excluding hydrogens is 257 g/mol. The summed E-state index contributed by atoms with van der Waals surface area (Å²) in [6, 6.07) is 1.52. The van der Waals surface area contributed by atoms with Gasteiger partial charge in [-0.1, -0.05) is 23.2 Å². The van der Waals surface area contributed by atoms with Gasteiger partial charge in [0.1, 0.15) is 10.3 Å². The monoisotopic (exact) mass is 266 g/mol. The Labute approximate surface area is 102 Å². The maximum atomic E-state index is 13.4. The highest BCUT2D eigenvalue weighted by molar-refractivity contribution is 6.33. The number of rotatable bonds is 2. The van der Waals surface area contributed by atoms with E-state index in [1.165, 1.54) is 6.07 Å². The minimum atomic E-state index is -2.80. The van der Waals surface area contributed by atoms with Gasteiger partial charge in [0, 0.05) is 18.5 Å². The fraction of sp³-hybridized carbons (Fsp3) is 0.500. The van der Waals surface area contributed by atoms with Gasteiger partial charge in [0.05, 0.1) is 5.41 Å². The third-order valence-electron chi connectivity index (χ3n) is 3.07. The lowest BCUT2D eigenvalue weighted by Crippen LogP contribution is -2.28. The minimum Gasteiger partial charge on any atom is -0.329 e. The van der Waals surface area contributed by atoms with Crippen LogP contribution in [0.25, 0.3) is 0 Å². The van der Waals surface area contributed by atoms with E-state index < -0.39 is 11.3 Å². The second-order valence-electron chi connectivity index (χ2n) is 4.10. The zero-order chi connectivity index (χ0) is 12.1. The fourth-order valence-electron chi connectivity index (χ4n) is 2.10. The lowest BCUT2D eigenvalue weighted by Gasteiger charge is -2.18. The molecule has 0 aliphatic heterocycles. The summed E-state index contributed by atoms with van der Waals surface area (Å²) in [7, 11) is 0. The Morgan fingerprint density at radius 1 is 1.50 bits per heavy atom. The van der Waals surface area contributed by atoms with Crippen LogP contribution in [0.1, 0.15) is 17.5 Å². The Balaban J connectivity index is 2.58. The molecule has 1 aliphatic rings. The van der Waals surface area contributed by atoms with E-state index in [9.17, 15) is 8.78 Å². The largest absolute Gasteiger partial charge is 0.329 e. The van der Waals surface area contributed by atoms with Gasteiger partial charge in [-0.15, -0.1) is 0 Å². The lowest BCUT2D eigenvalue weighted by atomic mass is 9.93. The number of pyridine rings is 1. The molecule has 16 heavy (non-hydrogen) atoms. The summed E-state index contributed by atoms with van der Waals surface area (Å²) in [6.07, 6.45) is -0.277. The van der Waals surface area contributed by atoms with Gasteiger partial charge in [0.2, 0.25) is 0 Å². The summed E-state index contributed by atoms with van der Waals surface area (Å²) in [5, 5.41) is 0.218. The highest BCUT2D eigenvalue weighted by Gasteiger charge is 2.72. The molecule has 0 bridgehead atoms. The van der Waals surface area contributed by atoms with Gasteiger partial charge >= 0.3 is 0 Å². The van der Waals surface area contributed by atoms with Crippen LogP contribution in [0.2, 0.25) is 10.3 Å². The molecule has 6 heteroatoms. The normalized spacial score (nSPS) is 26.9. The molecule has 1 fully saturated rings. The molecule has 0 aromatic carbocycles. The van der Waals surface area contributed by atoms with Crippen molar-refractivity contribution < 1.29 is 8.78 Å². The van der Waals surface area contributed by atoms with Gasteiger partial charge in [0.25, 0.3) is 5.92 Å². The minimum absolute atomic E-state index is 0.0209. The zero-order valence-electron chi connectivity index (χ0n) is 8.53. The number of nitrogens with two attached hydrogens (primary N) is 1. The van der Waals surface area contributed by atoms with E-state index in [0.717, 1.165) is 0 Å².